The average Bonchev–Trinajstić information content (AvgIpc) is 2.13. The number of hydrogen-bond donors (Lipinski definition) is 4. The largest absolute Gasteiger partial charge is 0.493 e. The Bertz CT molecular complexity index is 265. The standard InChI is InChI=1S/C5H8N2O2S/c8-4-3(1-2-10)6-5(9)7-4/h8,10H,1-2H2,(H2,6,7,9). The molecule has 1 aromatic rings. The molecule has 0 radical (unpaired) electrons. The topological polar surface area (TPSA) is 68.9 Å². The summed E-state index contributed by atoms with van der Waals surface area (Å²) < 4.78 is 0. The Morgan fingerprint density at radius 3 is 2.60 bits per heavy atom. The van der Waals surface area contributed by atoms with Crippen LogP contribution in [0.3, 0.4) is 0 Å². The van der Waals surface area contributed by atoms with E-state index in [0.29, 0.717) is 17.9 Å². The third-order valence-electron chi connectivity index (χ3n) is 1.14. The maximum absolute atomic E-state index is 10.5. The molecule has 0 aliphatic rings. The van der Waals surface area contributed by atoms with Crippen molar-refractivity contribution in [1.29, 1.82) is 0 Å². The summed E-state index contributed by atoms with van der Waals surface area (Å²) in [6, 6.07) is 0. The molecule has 0 spiro atoms. The summed E-state index contributed by atoms with van der Waals surface area (Å²) in [6.45, 7) is 0. The first kappa shape index (κ1) is 7.27. The first-order chi connectivity index (χ1) is 4.74. The summed E-state index contributed by atoms with van der Waals surface area (Å²) in [7, 11) is 0. The monoisotopic (exact) mass is 160 g/mol. The normalized spacial score (nSPS) is 10.1. The van der Waals surface area contributed by atoms with Gasteiger partial charge in [-0.25, -0.2) is 4.79 Å². The minimum Gasteiger partial charge on any atom is -0.493 e. The lowest BCUT2D eigenvalue weighted by Crippen LogP contribution is -2.01. The molecule has 4 nitrogen and oxygen atoms in total. The second-order valence-corrected chi connectivity index (χ2v) is 2.33. The Hall–Kier alpha value is -0.840. The van der Waals surface area contributed by atoms with E-state index in [0.717, 1.165) is 0 Å². The van der Waals surface area contributed by atoms with Gasteiger partial charge >= 0.3 is 5.69 Å². The van der Waals surface area contributed by atoms with Crippen molar-refractivity contribution in [2.24, 2.45) is 0 Å². The van der Waals surface area contributed by atoms with Crippen LogP contribution in [0.2, 0.25) is 0 Å². The molecule has 0 saturated carbocycles. The predicted molar refractivity (Wildman–Crippen MR) is 40.6 cm³/mol. The third-order valence-corrected chi connectivity index (χ3v) is 1.37. The van der Waals surface area contributed by atoms with Crippen molar-refractivity contribution in [3.63, 3.8) is 0 Å². The highest BCUT2D eigenvalue weighted by molar-refractivity contribution is 7.80. The first-order valence-corrected chi connectivity index (χ1v) is 3.48. The lowest BCUT2D eigenvalue weighted by molar-refractivity contribution is 0.449. The number of imidazole rings is 1. The molecule has 0 aliphatic carbocycles. The molecule has 0 aliphatic heterocycles. The molecule has 0 saturated heterocycles. The van der Waals surface area contributed by atoms with Crippen LogP contribution >= 0.6 is 12.6 Å². The van der Waals surface area contributed by atoms with E-state index in [9.17, 15) is 4.79 Å². The van der Waals surface area contributed by atoms with Gasteiger partial charge in [-0.2, -0.15) is 12.6 Å². The fraction of sp³-hybridized carbons (Fsp3) is 0.400. The van der Waals surface area contributed by atoms with Crippen LogP contribution in [0.1, 0.15) is 5.69 Å². The molecular formula is C5H8N2O2S. The van der Waals surface area contributed by atoms with E-state index in [1.54, 1.807) is 0 Å². The van der Waals surface area contributed by atoms with Gasteiger partial charge in [0.25, 0.3) is 0 Å². The van der Waals surface area contributed by atoms with Crippen molar-refractivity contribution in [3.8, 4) is 5.88 Å². The zero-order valence-electron chi connectivity index (χ0n) is 5.22. The zero-order valence-corrected chi connectivity index (χ0v) is 6.11. The highest BCUT2D eigenvalue weighted by Crippen LogP contribution is 2.07. The van der Waals surface area contributed by atoms with Gasteiger partial charge in [0, 0.05) is 6.42 Å². The van der Waals surface area contributed by atoms with Crippen molar-refractivity contribution in [1.82, 2.24) is 9.97 Å². The first-order valence-electron chi connectivity index (χ1n) is 2.85. The maximum atomic E-state index is 10.5. The molecule has 0 aromatic carbocycles. The molecule has 0 atom stereocenters. The van der Waals surface area contributed by atoms with E-state index in [1.165, 1.54) is 0 Å². The minimum absolute atomic E-state index is 0.0842. The predicted octanol–water partition coefficient (Wildman–Crippen LogP) is -0.119. The Morgan fingerprint density at radius 2 is 2.20 bits per heavy atom. The number of H-pyrrole nitrogens is 2. The lowest BCUT2D eigenvalue weighted by atomic mass is 10.4. The molecule has 0 unspecified atom stereocenters. The third kappa shape index (κ3) is 1.36. The van der Waals surface area contributed by atoms with Crippen LogP contribution < -0.4 is 5.69 Å². The number of aromatic amines is 2. The smallest absolute Gasteiger partial charge is 0.325 e. The number of hydrogen-bond acceptors (Lipinski definition) is 3. The molecule has 5 heteroatoms. The average molecular weight is 160 g/mol. The van der Waals surface area contributed by atoms with Gasteiger partial charge in [0.2, 0.25) is 5.88 Å². The highest BCUT2D eigenvalue weighted by atomic mass is 32.1. The van der Waals surface area contributed by atoms with Gasteiger partial charge in [-0.15, -0.1) is 0 Å². The summed E-state index contributed by atoms with van der Waals surface area (Å²) in [5.74, 6) is 0.514. The van der Waals surface area contributed by atoms with Gasteiger partial charge in [0.15, 0.2) is 0 Å². The summed E-state index contributed by atoms with van der Waals surface area (Å²) in [4.78, 5) is 15.1. The number of nitrogens with one attached hydrogen (secondary N) is 2. The molecule has 0 amide bonds. The number of aryl methyl sites for hydroxylation is 1. The van der Waals surface area contributed by atoms with Crippen LogP contribution in [0.25, 0.3) is 0 Å². The molecule has 56 valence electrons. The van der Waals surface area contributed by atoms with Crippen LogP contribution in [-0.2, 0) is 6.42 Å². The van der Waals surface area contributed by atoms with Crippen molar-refractivity contribution < 1.29 is 5.11 Å². The summed E-state index contributed by atoms with van der Waals surface area (Å²) in [5.41, 5.74) is 0.134. The summed E-state index contributed by atoms with van der Waals surface area (Å²) in [6.07, 6.45) is 0.563. The number of aromatic hydroxyl groups is 1. The second kappa shape index (κ2) is 2.83. The van der Waals surface area contributed by atoms with Crippen LogP contribution in [-0.4, -0.2) is 20.8 Å². The molecule has 0 fully saturated rings. The van der Waals surface area contributed by atoms with Crippen LogP contribution in [0, 0.1) is 0 Å². The molecule has 10 heavy (non-hydrogen) atoms. The van der Waals surface area contributed by atoms with E-state index in [2.05, 4.69) is 22.6 Å². The van der Waals surface area contributed by atoms with Crippen molar-refractivity contribution in [2.75, 3.05) is 5.75 Å². The number of aromatic nitrogens is 2. The van der Waals surface area contributed by atoms with Gasteiger partial charge in [0.1, 0.15) is 0 Å². The molecule has 1 rings (SSSR count). The van der Waals surface area contributed by atoms with Crippen LogP contribution in [0.4, 0.5) is 0 Å². The fourth-order valence-electron chi connectivity index (χ4n) is 0.703. The summed E-state index contributed by atoms with van der Waals surface area (Å²) in [5, 5.41) is 8.94. The van der Waals surface area contributed by atoms with E-state index < -0.39 is 0 Å². The van der Waals surface area contributed by atoms with Gasteiger partial charge in [-0.1, -0.05) is 0 Å². The molecule has 1 heterocycles. The van der Waals surface area contributed by atoms with E-state index in [4.69, 9.17) is 5.11 Å². The van der Waals surface area contributed by atoms with Crippen molar-refractivity contribution in [2.45, 2.75) is 6.42 Å². The highest BCUT2D eigenvalue weighted by Gasteiger charge is 2.02. The SMILES string of the molecule is O=c1[nH]c(O)c(CCS)[nH]1. The maximum Gasteiger partial charge on any atom is 0.325 e. The Labute approximate surface area is 62.7 Å². The van der Waals surface area contributed by atoms with Gasteiger partial charge in [0.05, 0.1) is 5.69 Å². The Kier molecular flexibility index (Phi) is 2.06. The van der Waals surface area contributed by atoms with Crippen LogP contribution in [0.15, 0.2) is 4.79 Å². The van der Waals surface area contributed by atoms with Gasteiger partial charge < -0.3 is 10.1 Å². The zero-order chi connectivity index (χ0) is 7.56. The van der Waals surface area contributed by atoms with Crippen molar-refractivity contribution >= 4 is 12.6 Å². The number of thiol groups is 1. The molecule has 0 bridgehead atoms. The molecule has 1 aromatic heterocycles. The minimum atomic E-state index is -0.380. The summed E-state index contributed by atoms with van der Waals surface area (Å²) >= 11 is 3.94. The molecular weight excluding hydrogens is 152 g/mol. The van der Waals surface area contributed by atoms with E-state index in [-0.39, 0.29) is 11.6 Å². The Morgan fingerprint density at radius 1 is 1.50 bits per heavy atom. The quantitative estimate of drug-likeness (QED) is 0.456. The second-order valence-electron chi connectivity index (χ2n) is 1.88. The lowest BCUT2D eigenvalue weighted by Gasteiger charge is -1.90. The Balaban J connectivity index is 2.92. The molecule has 3 N–H and O–H groups in total. The van der Waals surface area contributed by atoms with E-state index in [1.807, 2.05) is 0 Å². The van der Waals surface area contributed by atoms with E-state index >= 15 is 0 Å². The van der Waals surface area contributed by atoms with Gasteiger partial charge in [-0.3, -0.25) is 4.98 Å². The van der Waals surface area contributed by atoms with Crippen molar-refractivity contribution in [3.05, 3.63) is 16.2 Å². The van der Waals surface area contributed by atoms with Gasteiger partial charge in [-0.05, 0) is 5.75 Å². The number of rotatable bonds is 2. The fourth-order valence-corrected chi connectivity index (χ4v) is 0.927. The van der Waals surface area contributed by atoms with Crippen LogP contribution in [0.5, 0.6) is 5.88 Å².